The van der Waals surface area contributed by atoms with Gasteiger partial charge in [-0.3, -0.25) is 9.59 Å². The van der Waals surface area contributed by atoms with E-state index in [1.807, 2.05) is 24.3 Å². The lowest BCUT2D eigenvalue weighted by atomic mass is 10.0. The molecule has 1 aliphatic rings. The fourth-order valence-electron chi connectivity index (χ4n) is 3.27. The van der Waals surface area contributed by atoms with Crippen LogP contribution in [0.3, 0.4) is 0 Å². The minimum Gasteiger partial charge on any atom is -0.349 e. The molecule has 2 aromatic carbocycles. The highest BCUT2D eigenvalue weighted by atomic mass is 16.2. The molecule has 1 aliphatic carbocycles. The second-order valence-electron chi connectivity index (χ2n) is 7.26. The van der Waals surface area contributed by atoms with Gasteiger partial charge in [0.05, 0.1) is 0 Å². The van der Waals surface area contributed by atoms with Crippen molar-refractivity contribution in [3.05, 3.63) is 65.2 Å². The summed E-state index contributed by atoms with van der Waals surface area (Å²) in [5, 5.41) is 5.94. The van der Waals surface area contributed by atoms with Crippen molar-refractivity contribution in [3.63, 3.8) is 0 Å². The van der Waals surface area contributed by atoms with Crippen LogP contribution in [-0.2, 0) is 0 Å². The largest absolute Gasteiger partial charge is 0.349 e. The van der Waals surface area contributed by atoms with E-state index in [9.17, 15) is 9.59 Å². The van der Waals surface area contributed by atoms with Crippen LogP contribution in [0.5, 0.6) is 0 Å². The first-order valence-electron chi connectivity index (χ1n) is 9.35. The van der Waals surface area contributed by atoms with Crippen LogP contribution < -0.4 is 10.6 Å². The van der Waals surface area contributed by atoms with E-state index in [1.54, 1.807) is 24.3 Å². The molecule has 0 unspecified atom stereocenters. The number of carbonyl (C=O) groups excluding carboxylic acids is 2. The number of benzene rings is 2. The molecule has 1 fully saturated rings. The van der Waals surface area contributed by atoms with Crippen LogP contribution in [0.4, 0.5) is 5.69 Å². The summed E-state index contributed by atoms with van der Waals surface area (Å²) in [5.74, 6) is 0.248. The Hall–Kier alpha value is -2.62. The van der Waals surface area contributed by atoms with Crippen molar-refractivity contribution < 1.29 is 9.59 Å². The maximum atomic E-state index is 12.4. The molecule has 0 saturated heterocycles. The van der Waals surface area contributed by atoms with Gasteiger partial charge in [0.25, 0.3) is 11.8 Å². The first-order valence-corrected chi connectivity index (χ1v) is 9.35. The molecule has 0 aliphatic heterocycles. The van der Waals surface area contributed by atoms with Gasteiger partial charge in [0.2, 0.25) is 0 Å². The third-order valence-corrected chi connectivity index (χ3v) is 4.93. The molecular weight excluding hydrogens is 324 g/mol. The van der Waals surface area contributed by atoms with Crippen molar-refractivity contribution in [3.8, 4) is 0 Å². The topological polar surface area (TPSA) is 58.2 Å². The Morgan fingerprint density at radius 2 is 1.38 bits per heavy atom. The number of carbonyl (C=O) groups is 2. The van der Waals surface area contributed by atoms with E-state index < -0.39 is 0 Å². The third-order valence-electron chi connectivity index (χ3n) is 4.93. The maximum Gasteiger partial charge on any atom is 0.255 e. The number of hydrogen-bond acceptors (Lipinski definition) is 2. The molecule has 2 aromatic rings. The Kier molecular flexibility index (Phi) is 5.71. The zero-order valence-corrected chi connectivity index (χ0v) is 15.4. The van der Waals surface area contributed by atoms with Gasteiger partial charge in [0, 0.05) is 22.9 Å². The van der Waals surface area contributed by atoms with Crippen molar-refractivity contribution in [2.45, 2.75) is 51.5 Å². The summed E-state index contributed by atoms with van der Waals surface area (Å²) in [5.41, 5.74) is 3.13. The Balaban J connectivity index is 1.59. The summed E-state index contributed by atoms with van der Waals surface area (Å²) < 4.78 is 0. The maximum absolute atomic E-state index is 12.4. The van der Waals surface area contributed by atoms with Crippen molar-refractivity contribution in [1.82, 2.24) is 5.32 Å². The Morgan fingerprint density at radius 1 is 0.846 bits per heavy atom. The highest BCUT2D eigenvalue weighted by Crippen LogP contribution is 2.19. The summed E-state index contributed by atoms with van der Waals surface area (Å²) in [6, 6.07) is 15.0. The lowest BCUT2D eigenvalue weighted by Gasteiger charge is -2.12. The lowest BCUT2D eigenvalue weighted by molar-refractivity contribution is 0.0937. The molecule has 0 atom stereocenters. The van der Waals surface area contributed by atoms with E-state index in [0.29, 0.717) is 28.8 Å². The molecule has 0 aromatic heterocycles. The normalized spacial score (nSPS) is 14.4. The molecule has 4 nitrogen and oxygen atoms in total. The van der Waals surface area contributed by atoms with Gasteiger partial charge < -0.3 is 10.6 Å². The van der Waals surface area contributed by atoms with E-state index in [-0.39, 0.29) is 11.8 Å². The number of amides is 2. The fraction of sp³-hybridized carbons (Fsp3) is 0.364. The van der Waals surface area contributed by atoms with Crippen LogP contribution in [-0.4, -0.2) is 17.9 Å². The molecule has 3 rings (SSSR count). The third kappa shape index (κ3) is 4.51. The highest BCUT2D eigenvalue weighted by Gasteiger charge is 2.18. The van der Waals surface area contributed by atoms with Crippen LogP contribution >= 0.6 is 0 Å². The first kappa shape index (κ1) is 18.2. The molecule has 0 spiro atoms. The van der Waals surface area contributed by atoms with Gasteiger partial charge >= 0.3 is 0 Å². The highest BCUT2D eigenvalue weighted by molar-refractivity contribution is 6.04. The monoisotopic (exact) mass is 350 g/mol. The van der Waals surface area contributed by atoms with E-state index in [0.717, 1.165) is 12.8 Å². The van der Waals surface area contributed by atoms with Gasteiger partial charge in [0.15, 0.2) is 0 Å². The summed E-state index contributed by atoms with van der Waals surface area (Å²) in [6.07, 6.45) is 4.51. The van der Waals surface area contributed by atoms with Crippen LogP contribution in [0.1, 0.15) is 71.7 Å². The van der Waals surface area contributed by atoms with E-state index >= 15 is 0 Å². The predicted molar refractivity (Wildman–Crippen MR) is 105 cm³/mol. The van der Waals surface area contributed by atoms with Crippen LogP contribution in [0.15, 0.2) is 48.5 Å². The van der Waals surface area contributed by atoms with Crippen molar-refractivity contribution in [2.75, 3.05) is 5.32 Å². The molecule has 0 radical (unpaired) electrons. The van der Waals surface area contributed by atoms with E-state index in [2.05, 4.69) is 24.5 Å². The quantitative estimate of drug-likeness (QED) is 0.818. The molecule has 2 N–H and O–H groups in total. The fourth-order valence-corrected chi connectivity index (χ4v) is 3.27. The average Bonchev–Trinajstić information content (AvgIpc) is 3.15. The van der Waals surface area contributed by atoms with Crippen LogP contribution in [0, 0.1) is 0 Å². The minimum atomic E-state index is -0.150. The second kappa shape index (κ2) is 8.17. The molecule has 0 bridgehead atoms. The second-order valence-corrected chi connectivity index (χ2v) is 7.26. The van der Waals surface area contributed by atoms with Crippen LogP contribution in [0.25, 0.3) is 0 Å². The van der Waals surface area contributed by atoms with Crippen LogP contribution in [0.2, 0.25) is 0 Å². The summed E-state index contributed by atoms with van der Waals surface area (Å²) in [6.45, 7) is 4.25. The standard InChI is InChI=1S/C22H26N2O2/c1-15(2)16-7-9-17(10-8-16)21(25)24-20-13-11-18(12-14-20)22(26)23-19-5-3-4-6-19/h7-15,19H,3-6H2,1-2H3,(H,23,26)(H,24,25). The number of nitrogens with one attached hydrogen (secondary N) is 2. The zero-order chi connectivity index (χ0) is 18.5. The van der Waals surface area contributed by atoms with Gasteiger partial charge in [-0.05, 0) is 60.7 Å². The number of rotatable bonds is 5. The van der Waals surface area contributed by atoms with E-state index in [1.165, 1.54) is 18.4 Å². The molecule has 2 amide bonds. The summed E-state index contributed by atoms with van der Waals surface area (Å²) >= 11 is 0. The van der Waals surface area contributed by atoms with Gasteiger partial charge in [-0.15, -0.1) is 0 Å². The molecule has 1 saturated carbocycles. The molecule has 136 valence electrons. The van der Waals surface area contributed by atoms with Gasteiger partial charge in [-0.25, -0.2) is 0 Å². The first-order chi connectivity index (χ1) is 12.5. The molecule has 0 heterocycles. The number of hydrogen-bond donors (Lipinski definition) is 2. The molecule has 26 heavy (non-hydrogen) atoms. The summed E-state index contributed by atoms with van der Waals surface area (Å²) in [7, 11) is 0. The smallest absolute Gasteiger partial charge is 0.255 e. The lowest BCUT2D eigenvalue weighted by Crippen LogP contribution is -2.32. The van der Waals surface area contributed by atoms with E-state index in [4.69, 9.17) is 0 Å². The molecular formula is C22H26N2O2. The molecule has 4 heteroatoms. The van der Waals surface area contributed by atoms with Gasteiger partial charge in [0.1, 0.15) is 0 Å². The number of anilines is 1. The average molecular weight is 350 g/mol. The van der Waals surface area contributed by atoms with Gasteiger partial charge in [-0.1, -0.05) is 38.8 Å². The Bertz CT molecular complexity index is 758. The van der Waals surface area contributed by atoms with Gasteiger partial charge in [-0.2, -0.15) is 0 Å². The minimum absolute atomic E-state index is 0.0425. The SMILES string of the molecule is CC(C)c1ccc(C(=O)Nc2ccc(C(=O)NC3CCCC3)cc2)cc1. The van der Waals surface area contributed by atoms with Crippen molar-refractivity contribution in [2.24, 2.45) is 0 Å². The van der Waals surface area contributed by atoms with Crippen molar-refractivity contribution in [1.29, 1.82) is 0 Å². The Labute approximate surface area is 155 Å². The zero-order valence-electron chi connectivity index (χ0n) is 15.4. The predicted octanol–water partition coefficient (Wildman–Crippen LogP) is 4.73. The van der Waals surface area contributed by atoms with Crippen molar-refractivity contribution >= 4 is 17.5 Å². The Morgan fingerprint density at radius 3 is 1.96 bits per heavy atom. The summed E-state index contributed by atoms with van der Waals surface area (Å²) in [4.78, 5) is 24.6.